The maximum atomic E-state index is 13.5. The van der Waals surface area contributed by atoms with Crippen LogP contribution in [-0.2, 0) is 6.18 Å². The van der Waals surface area contributed by atoms with E-state index in [9.17, 15) is 18.0 Å². The van der Waals surface area contributed by atoms with Gasteiger partial charge < -0.3 is 19.5 Å². The smallest absolute Gasteiger partial charge is 0.418 e. The Morgan fingerprint density at radius 2 is 1.42 bits per heavy atom. The van der Waals surface area contributed by atoms with Gasteiger partial charge in [0.25, 0.3) is 5.91 Å². The van der Waals surface area contributed by atoms with Crippen LogP contribution in [0.1, 0.15) is 15.9 Å². The van der Waals surface area contributed by atoms with E-state index in [1.165, 1.54) is 7.11 Å². The first kappa shape index (κ1) is 21.8. The Morgan fingerprint density at radius 3 is 1.90 bits per heavy atom. The van der Waals surface area contributed by atoms with Crippen LogP contribution in [0.25, 0.3) is 0 Å². The Kier molecular flexibility index (Phi) is 6.24. The molecule has 0 heterocycles. The number of hydrogen-bond donors (Lipinski definition) is 1. The number of amides is 1. The molecule has 3 rings (SSSR count). The van der Waals surface area contributed by atoms with E-state index in [-0.39, 0.29) is 11.4 Å². The van der Waals surface area contributed by atoms with Crippen molar-refractivity contribution in [2.45, 2.75) is 6.18 Å². The molecule has 0 fully saturated rings. The van der Waals surface area contributed by atoms with Crippen LogP contribution in [0.3, 0.4) is 0 Å². The molecule has 0 saturated heterocycles. The molecule has 6 nitrogen and oxygen atoms in total. The highest BCUT2D eigenvalue weighted by molar-refractivity contribution is 5.96. The molecule has 0 atom stereocenters. The number of benzene rings is 3. The van der Waals surface area contributed by atoms with Gasteiger partial charge in [-0.2, -0.15) is 13.2 Å². The molecule has 0 aliphatic rings. The normalized spacial score (nSPS) is 11.0. The lowest BCUT2D eigenvalue weighted by atomic mass is 10.1. The van der Waals surface area contributed by atoms with Crippen LogP contribution in [0, 0.1) is 0 Å². The summed E-state index contributed by atoms with van der Waals surface area (Å²) in [5.41, 5.74) is 5.67. The number of halogens is 3. The van der Waals surface area contributed by atoms with Crippen molar-refractivity contribution in [3.63, 3.8) is 0 Å². The molecule has 0 bridgehead atoms. The minimum Gasteiger partial charge on any atom is -0.497 e. The third-order valence-corrected chi connectivity index (χ3v) is 4.32. The Labute approximate surface area is 176 Å². The molecule has 1 radical (unpaired) electrons. The monoisotopic (exact) mass is 431 g/mol. The van der Waals surface area contributed by atoms with Crippen molar-refractivity contribution in [3.8, 4) is 23.0 Å². The topological polar surface area (TPSA) is 80.6 Å². The highest BCUT2D eigenvalue weighted by Gasteiger charge is 2.35. The molecular weight excluding hydrogens is 413 g/mol. The third kappa shape index (κ3) is 5.19. The summed E-state index contributed by atoms with van der Waals surface area (Å²) in [4.78, 5) is 11.4. The van der Waals surface area contributed by atoms with Crippen LogP contribution in [0.15, 0.2) is 60.7 Å². The molecule has 0 saturated carbocycles. The zero-order valence-electron chi connectivity index (χ0n) is 16.5. The Bertz CT molecular complexity index is 1070. The van der Waals surface area contributed by atoms with E-state index < -0.39 is 23.2 Å². The molecule has 1 amide bonds. The standard InChI is InChI=1S/C22H18F3N2O4/c1-29-14-7-9-16(10-8-14)31-15-5-3-13(4-6-15)27-19-12-20(30-2)17(21(26)28)11-18(19)22(23,24)25/h3-12,26-27H,1-2H3. The molecule has 31 heavy (non-hydrogen) atoms. The number of ether oxygens (including phenoxy) is 3. The minimum absolute atomic E-state index is 0.130. The molecule has 3 aromatic rings. The van der Waals surface area contributed by atoms with Gasteiger partial charge in [-0.05, 0) is 54.6 Å². The van der Waals surface area contributed by atoms with Gasteiger partial charge in [-0.1, -0.05) is 0 Å². The number of rotatable bonds is 7. The zero-order chi connectivity index (χ0) is 22.6. The summed E-state index contributed by atoms with van der Waals surface area (Å²) in [7, 11) is 2.77. The van der Waals surface area contributed by atoms with Crippen LogP contribution < -0.4 is 25.3 Å². The van der Waals surface area contributed by atoms with Gasteiger partial charge in [-0.15, -0.1) is 0 Å². The lowest BCUT2D eigenvalue weighted by Gasteiger charge is -2.18. The lowest BCUT2D eigenvalue weighted by Crippen LogP contribution is -2.12. The number of anilines is 2. The molecule has 0 aliphatic carbocycles. The number of methoxy groups -OCH3 is 2. The molecule has 0 aliphatic heterocycles. The summed E-state index contributed by atoms with van der Waals surface area (Å²) in [6.45, 7) is 0. The van der Waals surface area contributed by atoms with E-state index in [4.69, 9.17) is 19.9 Å². The first-order valence-electron chi connectivity index (χ1n) is 8.95. The van der Waals surface area contributed by atoms with Crippen LogP contribution in [-0.4, -0.2) is 20.1 Å². The summed E-state index contributed by atoms with van der Waals surface area (Å²) < 4.78 is 56.3. The SMILES string of the molecule is COc1ccc(Oc2ccc(Nc3cc(OC)c(C([NH])=O)cc3C(F)(F)F)cc2)cc1. The predicted molar refractivity (Wildman–Crippen MR) is 108 cm³/mol. The van der Waals surface area contributed by atoms with Gasteiger partial charge in [0, 0.05) is 11.8 Å². The zero-order valence-corrected chi connectivity index (χ0v) is 16.5. The van der Waals surface area contributed by atoms with E-state index in [0.717, 1.165) is 6.07 Å². The fraction of sp³-hybridized carbons (Fsp3) is 0.136. The molecule has 3 aromatic carbocycles. The summed E-state index contributed by atoms with van der Waals surface area (Å²) in [6.07, 6.45) is -4.74. The van der Waals surface area contributed by atoms with E-state index >= 15 is 0 Å². The second-order valence-corrected chi connectivity index (χ2v) is 6.35. The van der Waals surface area contributed by atoms with Gasteiger partial charge >= 0.3 is 6.18 Å². The Morgan fingerprint density at radius 1 is 0.871 bits per heavy atom. The fourth-order valence-electron chi connectivity index (χ4n) is 2.81. The van der Waals surface area contributed by atoms with Crippen LogP contribution in [0.4, 0.5) is 24.5 Å². The summed E-state index contributed by atoms with van der Waals surface area (Å²) in [5, 5.41) is 2.68. The first-order chi connectivity index (χ1) is 14.7. The third-order valence-electron chi connectivity index (χ3n) is 4.32. The Balaban J connectivity index is 1.85. The van der Waals surface area contributed by atoms with E-state index in [2.05, 4.69) is 5.32 Å². The van der Waals surface area contributed by atoms with Crippen molar-refractivity contribution >= 4 is 17.3 Å². The summed E-state index contributed by atoms with van der Waals surface area (Å²) in [5.74, 6) is 0.338. The van der Waals surface area contributed by atoms with Crippen molar-refractivity contribution in [1.29, 1.82) is 0 Å². The maximum absolute atomic E-state index is 13.5. The first-order valence-corrected chi connectivity index (χ1v) is 8.95. The van der Waals surface area contributed by atoms with Crippen LogP contribution in [0.2, 0.25) is 0 Å². The number of alkyl halides is 3. The van der Waals surface area contributed by atoms with Crippen LogP contribution >= 0.6 is 0 Å². The second kappa shape index (κ2) is 8.86. The van der Waals surface area contributed by atoms with E-state index in [0.29, 0.717) is 29.0 Å². The van der Waals surface area contributed by atoms with Gasteiger partial charge in [-0.25, -0.2) is 0 Å². The summed E-state index contributed by atoms with van der Waals surface area (Å²) >= 11 is 0. The van der Waals surface area contributed by atoms with Crippen molar-refractivity contribution in [1.82, 2.24) is 5.73 Å². The van der Waals surface area contributed by atoms with Crippen molar-refractivity contribution in [2.75, 3.05) is 19.5 Å². The van der Waals surface area contributed by atoms with Gasteiger partial charge in [0.15, 0.2) is 0 Å². The molecule has 0 unspecified atom stereocenters. The van der Waals surface area contributed by atoms with Crippen molar-refractivity contribution in [2.24, 2.45) is 0 Å². The Hall–Kier alpha value is -3.88. The summed E-state index contributed by atoms with van der Waals surface area (Å²) in [6, 6.07) is 14.9. The van der Waals surface area contributed by atoms with Gasteiger partial charge in [0.2, 0.25) is 0 Å². The number of carbonyl (C=O) groups is 1. The van der Waals surface area contributed by atoms with Crippen molar-refractivity contribution < 1.29 is 32.2 Å². The minimum atomic E-state index is -4.74. The average Bonchev–Trinajstić information content (AvgIpc) is 2.74. The second-order valence-electron chi connectivity index (χ2n) is 6.35. The highest BCUT2D eigenvalue weighted by Crippen LogP contribution is 2.40. The molecule has 2 N–H and O–H groups in total. The number of nitrogens with one attached hydrogen (secondary N) is 2. The number of carbonyl (C=O) groups excluding carboxylic acids is 1. The van der Waals surface area contributed by atoms with Crippen molar-refractivity contribution in [3.05, 3.63) is 71.8 Å². The highest BCUT2D eigenvalue weighted by atomic mass is 19.4. The largest absolute Gasteiger partial charge is 0.497 e. The fourth-order valence-corrected chi connectivity index (χ4v) is 2.81. The maximum Gasteiger partial charge on any atom is 0.418 e. The lowest BCUT2D eigenvalue weighted by molar-refractivity contribution is -0.136. The van der Waals surface area contributed by atoms with E-state index in [1.54, 1.807) is 55.6 Å². The van der Waals surface area contributed by atoms with Crippen LogP contribution in [0.5, 0.6) is 23.0 Å². The molecular formula is C22H18F3N2O4. The number of hydrogen-bond acceptors (Lipinski definition) is 5. The van der Waals surface area contributed by atoms with Gasteiger partial charge in [-0.3, -0.25) is 10.5 Å². The molecule has 9 heteroatoms. The van der Waals surface area contributed by atoms with Gasteiger partial charge in [0.05, 0.1) is 31.0 Å². The quantitative estimate of drug-likeness (QED) is 0.520. The van der Waals surface area contributed by atoms with Gasteiger partial charge in [0.1, 0.15) is 23.0 Å². The van der Waals surface area contributed by atoms with E-state index in [1.807, 2.05) is 0 Å². The average molecular weight is 431 g/mol. The molecule has 0 spiro atoms. The molecule has 161 valence electrons. The predicted octanol–water partition coefficient (Wildman–Crippen LogP) is 5.68. The molecule has 0 aromatic heterocycles.